The molecule has 4 amide bonds. The first-order valence-corrected chi connectivity index (χ1v) is 10.4. The van der Waals surface area contributed by atoms with Gasteiger partial charge in [0.1, 0.15) is 0 Å². The number of benzene rings is 2. The minimum absolute atomic E-state index is 0.146. The Morgan fingerprint density at radius 3 is 2.07 bits per heavy atom. The molecule has 2 aromatic rings. The summed E-state index contributed by atoms with van der Waals surface area (Å²) in [5, 5.41) is 0.386. The molecule has 5 rings (SSSR count). The summed E-state index contributed by atoms with van der Waals surface area (Å²) in [6.45, 7) is 1.76. The number of hydrogen-bond acceptors (Lipinski definition) is 4. The number of aryl methyl sites for hydroxylation is 1. The zero-order valence-corrected chi connectivity index (χ0v) is 17.1. The lowest BCUT2D eigenvalue weighted by Crippen LogP contribution is -2.32. The Morgan fingerprint density at radius 1 is 0.800 bits per heavy atom. The molecule has 1 saturated heterocycles. The van der Waals surface area contributed by atoms with Crippen LogP contribution in [0.15, 0.2) is 36.4 Å². The van der Waals surface area contributed by atoms with E-state index in [-0.39, 0.29) is 29.2 Å². The van der Waals surface area contributed by atoms with Crippen LogP contribution in [0, 0.1) is 18.8 Å². The molecule has 0 aromatic heterocycles. The SMILES string of the molecule is Cc1cc(N2C(=O)[C@@H]3CCCC[C@H]3C2=O)ccc1N1C(=O)c2ccc(Cl)cc2C1=O. The van der Waals surface area contributed by atoms with Crippen LogP contribution in [0.5, 0.6) is 0 Å². The highest BCUT2D eigenvalue weighted by molar-refractivity contribution is 6.37. The molecule has 0 N–H and O–H groups in total. The highest BCUT2D eigenvalue weighted by atomic mass is 35.5. The van der Waals surface area contributed by atoms with Crippen molar-refractivity contribution >= 4 is 46.6 Å². The quantitative estimate of drug-likeness (QED) is 0.682. The highest BCUT2D eigenvalue weighted by Gasteiger charge is 2.49. The maximum absolute atomic E-state index is 12.9. The van der Waals surface area contributed by atoms with Crippen molar-refractivity contribution in [3.05, 3.63) is 58.1 Å². The van der Waals surface area contributed by atoms with Crippen molar-refractivity contribution in [2.75, 3.05) is 9.80 Å². The van der Waals surface area contributed by atoms with Crippen molar-refractivity contribution in [3.63, 3.8) is 0 Å². The molecule has 152 valence electrons. The first kappa shape index (κ1) is 19.0. The van der Waals surface area contributed by atoms with Gasteiger partial charge in [-0.15, -0.1) is 0 Å². The maximum atomic E-state index is 12.9. The number of nitrogens with zero attached hydrogens (tertiary/aromatic N) is 2. The van der Waals surface area contributed by atoms with E-state index >= 15 is 0 Å². The molecule has 1 aliphatic carbocycles. The Morgan fingerprint density at radius 2 is 1.43 bits per heavy atom. The number of amides is 4. The van der Waals surface area contributed by atoms with E-state index in [1.165, 1.54) is 11.0 Å². The minimum atomic E-state index is -0.437. The number of halogens is 1. The monoisotopic (exact) mass is 422 g/mol. The third-order valence-electron chi connectivity index (χ3n) is 6.37. The van der Waals surface area contributed by atoms with Gasteiger partial charge >= 0.3 is 0 Å². The summed E-state index contributed by atoms with van der Waals surface area (Å²) in [5.74, 6) is -1.60. The summed E-state index contributed by atoms with van der Waals surface area (Å²) in [6.07, 6.45) is 3.44. The normalized spacial score (nSPS) is 23.3. The fraction of sp³-hybridized carbons (Fsp3) is 0.304. The van der Waals surface area contributed by atoms with Crippen molar-refractivity contribution in [1.82, 2.24) is 0 Å². The lowest BCUT2D eigenvalue weighted by atomic mass is 9.81. The molecule has 6 nitrogen and oxygen atoms in total. The molecule has 2 fully saturated rings. The number of imide groups is 2. The van der Waals surface area contributed by atoms with Gasteiger partial charge in [-0.2, -0.15) is 0 Å². The van der Waals surface area contributed by atoms with Gasteiger partial charge in [0, 0.05) is 5.02 Å². The summed E-state index contributed by atoms with van der Waals surface area (Å²) >= 11 is 5.98. The second kappa shape index (κ2) is 6.77. The van der Waals surface area contributed by atoms with E-state index in [1.54, 1.807) is 37.3 Å². The highest BCUT2D eigenvalue weighted by Crippen LogP contribution is 2.41. The molecule has 2 heterocycles. The largest absolute Gasteiger partial charge is 0.274 e. The van der Waals surface area contributed by atoms with Crippen molar-refractivity contribution in [2.24, 2.45) is 11.8 Å². The van der Waals surface area contributed by atoms with Crippen LogP contribution in [-0.2, 0) is 9.59 Å². The second-order valence-electron chi connectivity index (χ2n) is 8.12. The summed E-state index contributed by atoms with van der Waals surface area (Å²) < 4.78 is 0. The molecule has 1 saturated carbocycles. The van der Waals surface area contributed by atoms with Crippen LogP contribution in [-0.4, -0.2) is 23.6 Å². The summed E-state index contributed by atoms with van der Waals surface area (Å²) in [5.41, 5.74) is 2.12. The number of carbonyl (C=O) groups excluding carboxylic acids is 4. The zero-order chi connectivity index (χ0) is 21.2. The minimum Gasteiger partial charge on any atom is -0.274 e. The van der Waals surface area contributed by atoms with Gasteiger partial charge in [0.05, 0.1) is 34.3 Å². The van der Waals surface area contributed by atoms with Crippen LogP contribution in [0.4, 0.5) is 11.4 Å². The first-order valence-electron chi connectivity index (χ1n) is 10.1. The Bertz CT molecular complexity index is 1120. The van der Waals surface area contributed by atoms with Crippen LogP contribution in [0.3, 0.4) is 0 Å². The third kappa shape index (κ3) is 2.63. The molecular formula is C23H19ClN2O4. The molecular weight excluding hydrogens is 404 g/mol. The Labute approximate surface area is 178 Å². The molecule has 0 unspecified atom stereocenters. The summed E-state index contributed by atoms with van der Waals surface area (Å²) in [6, 6.07) is 9.56. The summed E-state index contributed by atoms with van der Waals surface area (Å²) in [7, 11) is 0. The molecule has 0 bridgehead atoms. The summed E-state index contributed by atoms with van der Waals surface area (Å²) in [4.78, 5) is 53.8. The fourth-order valence-electron chi connectivity index (χ4n) is 4.88. The Hall–Kier alpha value is -2.99. The first-order chi connectivity index (χ1) is 14.4. The van der Waals surface area contributed by atoms with Crippen molar-refractivity contribution in [1.29, 1.82) is 0 Å². The zero-order valence-electron chi connectivity index (χ0n) is 16.4. The number of hydrogen-bond donors (Lipinski definition) is 0. The number of fused-ring (bicyclic) bond motifs is 2. The van der Waals surface area contributed by atoms with E-state index in [9.17, 15) is 19.2 Å². The van der Waals surface area contributed by atoms with E-state index in [0.29, 0.717) is 27.5 Å². The number of rotatable bonds is 2. The molecule has 2 aromatic carbocycles. The van der Waals surface area contributed by atoms with Crippen molar-refractivity contribution in [3.8, 4) is 0 Å². The molecule has 3 aliphatic rings. The van der Waals surface area contributed by atoms with E-state index in [0.717, 1.165) is 30.6 Å². The van der Waals surface area contributed by atoms with Crippen LogP contribution in [0.1, 0.15) is 52.0 Å². The average Bonchev–Trinajstić information content (AvgIpc) is 3.13. The molecule has 7 heteroatoms. The van der Waals surface area contributed by atoms with Crippen LogP contribution in [0.25, 0.3) is 0 Å². The van der Waals surface area contributed by atoms with Crippen molar-refractivity contribution in [2.45, 2.75) is 32.6 Å². The van der Waals surface area contributed by atoms with Crippen molar-refractivity contribution < 1.29 is 19.2 Å². The van der Waals surface area contributed by atoms with Crippen LogP contribution in [0.2, 0.25) is 5.02 Å². The lowest BCUT2D eigenvalue weighted by Gasteiger charge is -2.20. The van der Waals surface area contributed by atoms with Crippen LogP contribution < -0.4 is 9.80 Å². The van der Waals surface area contributed by atoms with Gasteiger partial charge in [0.15, 0.2) is 0 Å². The number of carbonyl (C=O) groups is 4. The van der Waals surface area contributed by atoms with E-state index in [2.05, 4.69) is 0 Å². The van der Waals surface area contributed by atoms with E-state index in [1.807, 2.05) is 0 Å². The van der Waals surface area contributed by atoms with Gasteiger partial charge in [0.2, 0.25) is 11.8 Å². The van der Waals surface area contributed by atoms with E-state index in [4.69, 9.17) is 11.6 Å². The van der Waals surface area contributed by atoms with Gasteiger partial charge in [-0.3, -0.25) is 24.1 Å². The van der Waals surface area contributed by atoms with Gasteiger partial charge in [-0.1, -0.05) is 24.4 Å². The number of anilines is 2. The topological polar surface area (TPSA) is 74.8 Å². The maximum Gasteiger partial charge on any atom is 0.266 e. The fourth-order valence-corrected chi connectivity index (χ4v) is 5.05. The van der Waals surface area contributed by atoms with Gasteiger partial charge in [-0.25, -0.2) is 4.90 Å². The second-order valence-corrected chi connectivity index (χ2v) is 8.55. The molecule has 0 radical (unpaired) electrons. The molecule has 0 spiro atoms. The van der Waals surface area contributed by atoms with Gasteiger partial charge in [-0.05, 0) is 61.7 Å². The predicted octanol–water partition coefficient (Wildman–Crippen LogP) is 4.13. The molecule has 30 heavy (non-hydrogen) atoms. The van der Waals surface area contributed by atoms with Gasteiger partial charge in [0.25, 0.3) is 11.8 Å². The standard InChI is InChI=1S/C23H19ClN2O4/c1-12-10-14(25-20(27)15-4-2-3-5-16(15)21(25)28)7-9-19(12)26-22(29)17-8-6-13(24)11-18(17)23(26)30/h6-11,15-16H,2-5H2,1H3/t15-,16-/m1/s1. The van der Waals surface area contributed by atoms with Gasteiger partial charge < -0.3 is 0 Å². The lowest BCUT2D eigenvalue weighted by molar-refractivity contribution is -0.122. The smallest absolute Gasteiger partial charge is 0.266 e. The molecule has 2 aliphatic heterocycles. The van der Waals surface area contributed by atoms with Crippen LogP contribution >= 0.6 is 11.6 Å². The average molecular weight is 423 g/mol. The predicted molar refractivity (Wildman–Crippen MR) is 112 cm³/mol. The Kier molecular flexibility index (Phi) is 4.29. The third-order valence-corrected chi connectivity index (χ3v) is 6.60. The Balaban J connectivity index is 1.49. The molecule has 2 atom stereocenters. The van der Waals surface area contributed by atoms with E-state index < -0.39 is 11.8 Å².